The number of nitrogens with one attached hydrogen (secondary N) is 1. The van der Waals surface area contributed by atoms with Gasteiger partial charge in [-0.15, -0.1) is 0 Å². The molecule has 0 bridgehead atoms. The highest BCUT2D eigenvalue weighted by Gasteiger charge is 2.29. The fraction of sp³-hybridized carbons (Fsp3) is 0.286. The topological polar surface area (TPSA) is 110 Å². The van der Waals surface area contributed by atoms with Crippen molar-refractivity contribution in [2.75, 3.05) is 0 Å². The van der Waals surface area contributed by atoms with Gasteiger partial charge in [-0.2, -0.15) is 4.72 Å². The highest BCUT2D eigenvalue weighted by Crippen LogP contribution is 2.27. The van der Waals surface area contributed by atoms with Gasteiger partial charge in [0.25, 0.3) is 0 Å². The summed E-state index contributed by atoms with van der Waals surface area (Å²) in [6, 6.07) is 6.49. The average Bonchev–Trinajstić information content (AvgIpc) is 2.98. The van der Waals surface area contributed by atoms with E-state index in [-0.39, 0.29) is 10.7 Å². The second-order valence-corrected chi connectivity index (χ2v) is 6.74. The van der Waals surface area contributed by atoms with Crippen LogP contribution in [-0.2, 0) is 14.8 Å². The lowest BCUT2D eigenvalue weighted by atomic mass is 10.1. The van der Waals surface area contributed by atoms with Gasteiger partial charge < -0.3 is 9.63 Å². The van der Waals surface area contributed by atoms with Crippen molar-refractivity contribution in [3.8, 4) is 11.3 Å². The van der Waals surface area contributed by atoms with Crippen molar-refractivity contribution in [2.45, 2.75) is 24.8 Å². The first kappa shape index (κ1) is 16.2. The molecule has 0 radical (unpaired) electrons. The average molecular weight is 324 g/mol. The maximum absolute atomic E-state index is 12.5. The largest absolute Gasteiger partial charge is 0.480 e. The first-order valence-corrected chi connectivity index (χ1v) is 8.06. The second-order valence-electron chi connectivity index (χ2n) is 5.05. The molecule has 0 aliphatic rings. The summed E-state index contributed by atoms with van der Waals surface area (Å²) in [5.41, 5.74) is 0.320. The molecule has 0 aliphatic heterocycles. The molecule has 2 rings (SSSR count). The van der Waals surface area contributed by atoms with E-state index in [1.54, 1.807) is 32.0 Å². The number of aliphatic carboxylic acids is 1. The maximum Gasteiger partial charge on any atom is 0.322 e. The molecule has 1 aromatic heterocycles. The van der Waals surface area contributed by atoms with Crippen molar-refractivity contribution in [3.63, 3.8) is 0 Å². The summed E-state index contributed by atoms with van der Waals surface area (Å²) in [6.07, 6.45) is 1.40. The molecule has 1 atom stereocenters. The zero-order valence-electron chi connectivity index (χ0n) is 12.1. The highest BCUT2D eigenvalue weighted by atomic mass is 32.2. The number of carbonyl (C=O) groups is 1. The van der Waals surface area contributed by atoms with E-state index in [2.05, 4.69) is 9.88 Å². The van der Waals surface area contributed by atoms with Crippen LogP contribution in [0.4, 0.5) is 0 Å². The van der Waals surface area contributed by atoms with Gasteiger partial charge in [0.2, 0.25) is 10.0 Å². The normalized spacial score (nSPS) is 13.2. The Morgan fingerprint density at radius 2 is 1.95 bits per heavy atom. The van der Waals surface area contributed by atoms with Crippen LogP contribution in [-0.4, -0.2) is 30.7 Å². The molecule has 0 aliphatic carbocycles. The summed E-state index contributed by atoms with van der Waals surface area (Å²) in [7, 11) is -4.02. The second kappa shape index (κ2) is 6.29. The van der Waals surface area contributed by atoms with E-state index >= 15 is 0 Å². The predicted octanol–water partition coefficient (Wildman–Crippen LogP) is 1.73. The third-order valence-electron chi connectivity index (χ3n) is 3.09. The summed E-state index contributed by atoms with van der Waals surface area (Å²) in [5.74, 6) is -1.34. The molecule has 0 saturated carbocycles. The van der Waals surface area contributed by atoms with Crippen molar-refractivity contribution in [2.24, 2.45) is 5.92 Å². The molecule has 7 nitrogen and oxygen atoms in total. The van der Waals surface area contributed by atoms with Gasteiger partial charge in [-0.1, -0.05) is 31.1 Å². The standard InChI is InChI=1S/C14H16N2O5S/c1-9(2)13(14(17)18)16-22(19,20)12-6-4-3-5-10(12)11-7-8-15-21-11/h3-9,13,16H,1-2H3,(H,17,18). The van der Waals surface area contributed by atoms with Crippen LogP contribution in [0.3, 0.4) is 0 Å². The summed E-state index contributed by atoms with van der Waals surface area (Å²) < 4.78 is 32.3. The molecular formula is C14H16N2O5S. The number of carboxylic acid groups (broad SMARTS) is 1. The van der Waals surface area contributed by atoms with Gasteiger partial charge in [-0.25, -0.2) is 8.42 Å². The van der Waals surface area contributed by atoms with Gasteiger partial charge in [0.1, 0.15) is 6.04 Å². The van der Waals surface area contributed by atoms with Crippen molar-refractivity contribution in [1.29, 1.82) is 0 Å². The highest BCUT2D eigenvalue weighted by molar-refractivity contribution is 7.89. The lowest BCUT2D eigenvalue weighted by Gasteiger charge is -2.18. The Morgan fingerprint density at radius 1 is 1.27 bits per heavy atom. The number of rotatable bonds is 6. The summed E-state index contributed by atoms with van der Waals surface area (Å²) in [4.78, 5) is 11.2. The van der Waals surface area contributed by atoms with Crippen molar-refractivity contribution >= 4 is 16.0 Å². The quantitative estimate of drug-likeness (QED) is 0.837. The lowest BCUT2D eigenvalue weighted by molar-refractivity contribution is -0.140. The number of aromatic nitrogens is 1. The fourth-order valence-electron chi connectivity index (χ4n) is 1.96. The van der Waals surface area contributed by atoms with E-state index in [9.17, 15) is 13.2 Å². The number of hydrogen-bond acceptors (Lipinski definition) is 5. The summed E-state index contributed by atoms with van der Waals surface area (Å²) >= 11 is 0. The molecule has 0 spiro atoms. The van der Waals surface area contributed by atoms with E-state index in [0.29, 0.717) is 5.56 Å². The lowest BCUT2D eigenvalue weighted by Crippen LogP contribution is -2.44. The predicted molar refractivity (Wildman–Crippen MR) is 78.5 cm³/mol. The van der Waals surface area contributed by atoms with E-state index < -0.39 is 28.0 Å². The molecule has 0 saturated heterocycles. The molecule has 1 aromatic carbocycles. The Morgan fingerprint density at radius 3 is 2.50 bits per heavy atom. The van der Waals surface area contributed by atoms with Crippen LogP contribution in [0.15, 0.2) is 45.9 Å². The third-order valence-corrected chi connectivity index (χ3v) is 4.59. The van der Waals surface area contributed by atoms with Crippen LogP contribution < -0.4 is 4.72 Å². The number of hydrogen-bond donors (Lipinski definition) is 2. The first-order chi connectivity index (χ1) is 10.3. The minimum absolute atomic E-state index is 0.0568. The smallest absolute Gasteiger partial charge is 0.322 e. The minimum atomic E-state index is -4.02. The molecule has 22 heavy (non-hydrogen) atoms. The summed E-state index contributed by atoms with van der Waals surface area (Å²) in [5, 5.41) is 12.7. The zero-order valence-corrected chi connectivity index (χ0v) is 12.9. The van der Waals surface area contributed by atoms with Crippen molar-refractivity contribution < 1.29 is 22.8 Å². The van der Waals surface area contributed by atoms with Gasteiger partial charge in [0.15, 0.2) is 5.76 Å². The maximum atomic E-state index is 12.5. The molecule has 1 heterocycles. The molecule has 118 valence electrons. The van der Waals surface area contributed by atoms with Crippen molar-refractivity contribution in [1.82, 2.24) is 9.88 Å². The number of carboxylic acids is 1. The number of nitrogens with zero attached hydrogens (tertiary/aromatic N) is 1. The molecule has 1 unspecified atom stereocenters. The van der Waals surface area contributed by atoms with E-state index in [1.807, 2.05) is 0 Å². The van der Waals surface area contributed by atoms with Crippen LogP contribution in [0, 0.1) is 5.92 Å². The Balaban J connectivity index is 2.45. The van der Waals surface area contributed by atoms with E-state index in [0.717, 1.165) is 0 Å². The molecule has 8 heteroatoms. The molecule has 2 N–H and O–H groups in total. The zero-order chi connectivity index (χ0) is 16.3. The molecule has 0 fully saturated rings. The van der Waals surface area contributed by atoms with E-state index in [1.165, 1.54) is 18.3 Å². The van der Waals surface area contributed by atoms with Gasteiger partial charge in [0.05, 0.1) is 11.1 Å². The van der Waals surface area contributed by atoms with Gasteiger partial charge in [0, 0.05) is 11.6 Å². The van der Waals surface area contributed by atoms with Crippen LogP contribution in [0.25, 0.3) is 11.3 Å². The van der Waals surface area contributed by atoms with Crippen LogP contribution in [0.5, 0.6) is 0 Å². The summed E-state index contributed by atoms with van der Waals surface area (Å²) in [6.45, 7) is 3.26. The van der Waals surface area contributed by atoms with Gasteiger partial charge in [-0.05, 0) is 18.1 Å². The Kier molecular flexibility index (Phi) is 4.62. The monoisotopic (exact) mass is 324 g/mol. The molecule has 0 amide bonds. The SMILES string of the molecule is CC(C)C(NS(=O)(=O)c1ccccc1-c1ccno1)C(=O)O. The number of sulfonamides is 1. The third kappa shape index (κ3) is 3.34. The first-order valence-electron chi connectivity index (χ1n) is 6.58. The van der Waals surface area contributed by atoms with Crippen LogP contribution >= 0.6 is 0 Å². The van der Waals surface area contributed by atoms with E-state index in [4.69, 9.17) is 9.63 Å². The Bertz CT molecular complexity index is 753. The number of benzene rings is 1. The van der Waals surface area contributed by atoms with Gasteiger partial charge in [-0.3, -0.25) is 4.79 Å². The Hall–Kier alpha value is -2.19. The molecule has 2 aromatic rings. The van der Waals surface area contributed by atoms with Gasteiger partial charge >= 0.3 is 5.97 Å². The van der Waals surface area contributed by atoms with Crippen LogP contribution in [0.2, 0.25) is 0 Å². The Labute approximate surface area is 128 Å². The minimum Gasteiger partial charge on any atom is -0.480 e. The van der Waals surface area contributed by atoms with Crippen molar-refractivity contribution in [3.05, 3.63) is 36.5 Å². The fourth-order valence-corrected chi connectivity index (χ4v) is 3.51. The molecular weight excluding hydrogens is 308 g/mol. The van der Waals surface area contributed by atoms with Crippen LogP contribution in [0.1, 0.15) is 13.8 Å².